The lowest BCUT2D eigenvalue weighted by Gasteiger charge is -2.14. The minimum Gasteiger partial charge on any atom is -0.357 e. The van der Waals surface area contributed by atoms with Crippen molar-refractivity contribution in [1.29, 1.82) is 0 Å². The van der Waals surface area contributed by atoms with Crippen LogP contribution in [0.1, 0.15) is 18.6 Å². The van der Waals surface area contributed by atoms with E-state index in [1.807, 2.05) is 38.1 Å². The molecule has 17 heavy (non-hydrogen) atoms. The molecule has 0 saturated carbocycles. The van der Waals surface area contributed by atoms with Crippen molar-refractivity contribution in [2.24, 2.45) is 0 Å². The number of fused-ring (bicyclic) bond motifs is 3. The molecular formula is C12H11N3OS. The first kappa shape index (κ1) is 10.4. The van der Waals surface area contributed by atoms with Gasteiger partial charge in [-0.25, -0.2) is 9.55 Å². The SMILES string of the molecule is CC1(C)Nc2c3ccccc3nc(=S)n2C1=O. The van der Waals surface area contributed by atoms with Crippen LogP contribution in [0.25, 0.3) is 10.9 Å². The number of aromatic nitrogens is 2. The van der Waals surface area contributed by atoms with E-state index in [0.717, 1.165) is 16.7 Å². The lowest BCUT2D eigenvalue weighted by Crippen LogP contribution is -2.35. The molecule has 0 aliphatic carbocycles. The van der Waals surface area contributed by atoms with Gasteiger partial charge in [0.2, 0.25) is 4.77 Å². The molecule has 5 heteroatoms. The number of hydrogen-bond donors (Lipinski definition) is 1. The Morgan fingerprint density at radius 2 is 2.06 bits per heavy atom. The molecule has 4 nitrogen and oxygen atoms in total. The molecular weight excluding hydrogens is 234 g/mol. The van der Waals surface area contributed by atoms with Gasteiger partial charge in [0, 0.05) is 5.39 Å². The Morgan fingerprint density at radius 1 is 1.35 bits per heavy atom. The molecule has 0 spiro atoms. The number of nitrogens with one attached hydrogen (secondary N) is 1. The Kier molecular flexibility index (Phi) is 1.92. The van der Waals surface area contributed by atoms with Crippen molar-refractivity contribution in [2.45, 2.75) is 19.4 Å². The molecule has 1 aromatic heterocycles. The highest BCUT2D eigenvalue weighted by Gasteiger charge is 2.38. The van der Waals surface area contributed by atoms with E-state index >= 15 is 0 Å². The molecule has 3 rings (SSSR count). The van der Waals surface area contributed by atoms with E-state index in [9.17, 15) is 4.79 Å². The van der Waals surface area contributed by atoms with Gasteiger partial charge in [0.05, 0.1) is 5.52 Å². The van der Waals surface area contributed by atoms with E-state index in [2.05, 4.69) is 10.3 Å². The number of nitrogens with zero attached hydrogens (tertiary/aromatic N) is 2. The molecule has 2 aromatic rings. The number of benzene rings is 1. The van der Waals surface area contributed by atoms with Crippen molar-refractivity contribution < 1.29 is 4.79 Å². The smallest absolute Gasteiger partial charge is 0.259 e. The van der Waals surface area contributed by atoms with Crippen molar-refractivity contribution >= 4 is 34.8 Å². The van der Waals surface area contributed by atoms with Gasteiger partial charge < -0.3 is 5.32 Å². The minimum absolute atomic E-state index is 0.0595. The highest BCUT2D eigenvalue weighted by Crippen LogP contribution is 2.31. The highest BCUT2D eigenvalue weighted by atomic mass is 32.1. The third kappa shape index (κ3) is 1.32. The monoisotopic (exact) mass is 245 g/mol. The van der Waals surface area contributed by atoms with Gasteiger partial charge in [0.15, 0.2) is 0 Å². The summed E-state index contributed by atoms with van der Waals surface area (Å²) in [6.07, 6.45) is 0. The summed E-state index contributed by atoms with van der Waals surface area (Å²) in [4.78, 5) is 16.5. The fraction of sp³-hybridized carbons (Fsp3) is 0.250. The van der Waals surface area contributed by atoms with Gasteiger partial charge in [-0.05, 0) is 38.2 Å². The van der Waals surface area contributed by atoms with Crippen molar-refractivity contribution in [3.63, 3.8) is 0 Å². The summed E-state index contributed by atoms with van der Waals surface area (Å²) in [5.74, 6) is 0.686. The van der Waals surface area contributed by atoms with Crippen LogP contribution in [0.4, 0.5) is 5.82 Å². The summed E-state index contributed by atoms with van der Waals surface area (Å²) in [7, 11) is 0. The van der Waals surface area contributed by atoms with Crippen LogP contribution < -0.4 is 5.32 Å². The summed E-state index contributed by atoms with van der Waals surface area (Å²) in [5, 5.41) is 4.13. The zero-order valence-electron chi connectivity index (χ0n) is 9.52. The normalized spacial score (nSPS) is 16.9. The molecule has 2 heterocycles. The van der Waals surface area contributed by atoms with Gasteiger partial charge in [-0.15, -0.1) is 0 Å². The predicted molar refractivity (Wildman–Crippen MR) is 68.9 cm³/mol. The molecule has 1 aliphatic rings. The number of rotatable bonds is 0. The van der Waals surface area contributed by atoms with Crippen LogP contribution in [0.5, 0.6) is 0 Å². The van der Waals surface area contributed by atoms with Gasteiger partial charge in [-0.1, -0.05) is 12.1 Å². The number of hydrogen-bond acceptors (Lipinski definition) is 4. The maximum atomic E-state index is 12.2. The van der Waals surface area contributed by atoms with E-state index in [1.165, 1.54) is 4.57 Å². The van der Waals surface area contributed by atoms with Crippen LogP contribution in [0, 0.1) is 4.77 Å². The minimum atomic E-state index is -0.633. The summed E-state index contributed by atoms with van der Waals surface area (Å²) in [5.41, 5.74) is 0.175. The first-order valence-corrected chi connectivity index (χ1v) is 5.76. The molecule has 0 radical (unpaired) electrons. The zero-order chi connectivity index (χ0) is 12.2. The van der Waals surface area contributed by atoms with Crippen molar-refractivity contribution in [1.82, 2.24) is 9.55 Å². The Bertz CT molecular complexity index is 702. The van der Waals surface area contributed by atoms with Crippen molar-refractivity contribution in [2.75, 3.05) is 5.32 Å². The van der Waals surface area contributed by atoms with Gasteiger partial charge in [0.1, 0.15) is 11.4 Å². The van der Waals surface area contributed by atoms with Crippen LogP contribution >= 0.6 is 12.2 Å². The van der Waals surface area contributed by atoms with E-state index in [4.69, 9.17) is 12.2 Å². The first-order chi connectivity index (χ1) is 8.00. The van der Waals surface area contributed by atoms with E-state index < -0.39 is 5.54 Å². The topological polar surface area (TPSA) is 46.9 Å². The Hall–Kier alpha value is -1.75. The first-order valence-electron chi connectivity index (χ1n) is 5.35. The second kappa shape index (κ2) is 3.13. The summed E-state index contributed by atoms with van der Waals surface area (Å²) >= 11 is 5.18. The highest BCUT2D eigenvalue weighted by molar-refractivity contribution is 7.71. The molecule has 1 aliphatic heterocycles. The summed E-state index contributed by atoms with van der Waals surface area (Å²) in [6.45, 7) is 3.68. The second-order valence-corrected chi connectivity index (χ2v) is 5.02. The molecule has 0 atom stereocenters. The Labute approximate surface area is 103 Å². The number of carbonyl (C=O) groups excluding carboxylic acids is 1. The molecule has 0 saturated heterocycles. The van der Waals surface area contributed by atoms with E-state index in [0.29, 0.717) is 4.77 Å². The zero-order valence-corrected chi connectivity index (χ0v) is 10.3. The van der Waals surface area contributed by atoms with Gasteiger partial charge in [-0.3, -0.25) is 4.79 Å². The molecule has 0 amide bonds. The second-order valence-electron chi connectivity index (χ2n) is 4.65. The van der Waals surface area contributed by atoms with Gasteiger partial charge in [0.25, 0.3) is 5.91 Å². The third-order valence-electron chi connectivity index (χ3n) is 2.96. The molecule has 0 unspecified atom stereocenters. The lowest BCUT2D eigenvalue weighted by molar-refractivity contribution is 0.0864. The van der Waals surface area contributed by atoms with Crippen LogP contribution in [0.2, 0.25) is 0 Å². The average Bonchev–Trinajstić information content (AvgIpc) is 2.51. The van der Waals surface area contributed by atoms with Gasteiger partial charge >= 0.3 is 0 Å². The molecule has 0 fully saturated rings. The summed E-state index contributed by atoms with van der Waals surface area (Å²) < 4.78 is 1.79. The fourth-order valence-electron chi connectivity index (χ4n) is 2.08. The Morgan fingerprint density at radius 3 is 2.82 bits per heavy atom. The van der Waals surface area contributed by atoms with E-state index in [-0.39, 0.29) is 5.91 Å². The molecule has 86 valence electrons. The maximum absolute atomic E-state index is 12.2. The van der Waals surface area contributed by atoms with Crippen LogP contribution in [0.3, 0.4) is 0 Å². The quantitative estimate of drug-likeness (QED) is 0.725. The van der Waals surface area contributed by atoms with Crippen molar-refractivity contribution in [3.8, 4) is 0 Å². The molecule has 1 N–H and O–H groups in total. The molecule has 1 aromatic carbocycles. The maximum Gasteiger partial charge on any atom is 0.259 e. The Balaban J connectivity index is 2.47. The average molecular weight is 245 g/mol. The van der Waals surface area contributed by atoms with Crippen LogP contribution in [-0.4, -0.2) is 21.0 Å². The summed E-state index contributed by atoms with van der Waals surface area (Å²) in [6, 6.07) is 7.66. The number of anilines is 1. The van der Waals surface area contributed by atoms with Crippen molar-refractivity contribution in [3.05, 3.63) is 29.0 Å². The van der Waals surface area contributed by atoms with Crippen LogP contribution in [0.15, 0.2) is 24.3 Å². The van der Waals surface area contributed by atoms with Gasteiger partial charge in [-0.2, -0.15) is 0 Å². The number of para-hydroxylation sites is 1. The third-order valence-corrected chi connectivity index (χ3v) is 3.23. The fourth-order valence-corrected chi connectivity index (χ4v) is 2.35. The van der Waals surface area contributed by atoms with E-state index in [1.54, 1.807) is 0 Å². The van der Waals surface area contributed by atoms with Crippen LogP contribution in [-0.2, 0) is 0 Å². The largest absolute Gasteiger partial charge is 0.357 e. The lowest BCUT2D eigenvalue weighted by atomic mass is 10.1. The molecule has 0 bridgehead atoms. The number of carbonyl (C=O) groups is 1. The predicted octanol–water partition coefficient (Wildman–Crippen LogP) is 2.61. The standard InChI is InChI=1S/C12H11N3OS/c1-12(2)10(16)15-9(14-12)7-5-3-4-6-8(7)13-11(15)17/h3-6,14H,1-2H3.